The number of carbonyl (C=O) groups is 1. The van der Waals surface area contributed by atoms with Crippen LogP contribution in [-0.4, -0.2) is 53.9 Å². The van der Waals surface area contributed by atoms with Crippen molar-refractivity contribution in [3.8, 4) is 11.5 Å². The van der Waals surface area contributed by atoms with Gasteiger partial charge in [0.2, 0.25) is 11.7 Å². The standard InChI is InChI=1S/C15H17N3O2/c1-17-7-9-18(10-8-17)15(19)13-11-16-14(20-13)12-5-3-2-4-6-12/h2-6,11H,7-10H2,1H3. The Labute approximate surface area is 117 Å². The molecule has 0 radical (unpaired) electrons. The molecule has 0 saturated carbocycles. The summed E-state index contributed by atoms with van der Waals surface area (Å²) in [5.41, 5.74) is 0.880. The summed E-state index contributed by atoms with van der Waals surface area (Å²) >= 11 is 0. The monoisotopic (exact) mass is 271 g/mol. The largest absolute Gasteiger partial charge is 0.431 e. The Bertz CT molecular complexity index is 586. The predicted octanol–water partition coefficient (Wildman–Crippen LogP) is 1.73. The van der Waals surface area contributed by atoms with E-state index in [1.807, 2.05) is 35.2 Å². The zero-order chi connectivity index (χ0) is 13.9. The van der Waals surface area contributed by atoms with Gasteiger partial charge in [0.25, 0.3) is 5.91 Å². The van der Waals surface area contributed by atoms with Crippen LogP contribution in [0.4, 0.5) is 0 Å². The molecule has 3 rings (SSSR count). The smallest absolute Gasteiger partial charge is 0.291 e. The molecule has 1 aliphatic heterocycles. The summed E-state index contributed by atoms with van der Waals surface area (Å²) in [4.78, 5) is 20.5. The van der Waals surface area contributed by atoms with Gasteiger partial charge in [-0.15, -0.1) is 0 Å². The molecule has 0 N–H and O–H groups in total. The van der Waals surface area contributed by atoms with E-state index in [-0.39, 0.29) is 5.91 Å². The molecule has 104 valence electrons. The molecular formula is C15H17N3O2. The zero-order valence-electron chi connectivity index (χ0n) is 11.5. The van der Waals surface area contributed by atoms with Crippen molar-refractivity contribution in [1.29, 1.82) is 0 Å². The van der Waals surface area contributed by atoms with E-state index in [9.17, 15) is 4.79 Å². The molecule has 0 spiro atoms. The van der Waals surface area contributed by atoms with Crippen molar-refractivity contribution in [2.75, 3.05) is 33.2 Å². The van der Waals surface area contributed by atoms with Crippen molar-refractivity contribution in [1.82, 2.24) is 14.8 Å². The van der Waals surface area contributed by atoms with Crippen LogP contribution in [0.3, 0.4) is 0 Å². The lowest BCUT2D eigenvalue weighted by atomic mass is 10.2. The van der Waals surface area contributed by atoms with Crippen LogP contribution in [0.2, 0.25) is 0 Å². The molecule has 1 aromatic heterocycles. The first-order valence-electron chi connectivity index (χ1n) is 6.73. The van der Waals surface area contributed by atoms with Gasteiger partial charge in [-0.25, -0.2) is 4.98 Å². The molecule has 1 saturated heterocycles. The van der Waals surface area contributed by atoms with E-state index in [1.165, 1.54) is 6.20 Å². The minimum atomic E-state index is -0.0761. The number of nitrogens with zero attached hydrogens (tertiary/aromatic N) is 3. The summed E-state index contributed by atoms with van der Waals surface area (Å²) in [7, 11) is 2.06. The lowest BCUT2D eigenvalue weighted by Gasteiger charge is -2.31. The third kappa shape index (κ3) is 2.58. The van der Waals surface area contributed by atoms with E-state index >= 15 is 0 Å². The summed E-state index contributed by atoms with van der Waals surface area (Å²) in [6.07, 6.45) is 1.52. The van der Waals surface area contributed by atoms with Crippen molar-refractivity contribution in [3.63, 3.8) is 0 Å². The Balaban J connectivity index is 1.75. The fourth-order valence-corrected chi connectivity index (χ4v) is 2.25. The molecule has 5 heteroatoms. The topological polar surface area (TPSA) is 49.6 Å². The molecule has 0 aliphatic carbocycles. The minimum absolute atomic E-state index is 0.0761. The van der Waals surface area contributed by atoms with Gasteiger partial charge in [-0.3, -0.25) is 4.79 Å². The summed E-state index contributed by atoms with van der Waals surface area (Å²) < 4.78 is 5.60. The fourth-order valence-electron chi connectivity index (χ4n) is 2.25. The number of carbonyl (C=O) groups excluding carboxylic acids is 1. The maximum absolute atomic E-state index is 12.3. The van der Waals surface area contributed by atoms with Gasteiger partial charge in [-0.2, -0.15) is 0 Å². The van der Waals surface area contributed by atoms with Crippen LogP contribution in [0.15, 0.2) is 40.9 Å². The van der Waals surface area contributed by atoms with Crippen LogP contribution >= 0.6 is 0 Å². The van der Waals surface area contributed by atoms with Crippen molar-refractivity contribution >= 4 is 5.91 Å². The maximum Gasteiger partial charge on any atom is 0.291 e. The molecule has 1 aromatic carbocycles. The molecular weight excluding hydrogens is 254 g/mol. The summed E-state index contributed by atoms with van der Waals surface area (Å²) in [5.74, 6) is 0.726. The zero-order valence-corrected chi connectivity index (χ0v) is 11.5. The van der Waals surface area contributed by atoms with Gasteiger partial charge in [0.05, 0.1) is 6.20 Å². The number of piperazine rings is 1. The molecule has 5 nitrogen and oxygen atoms in total. The number of likely N-dealkylation sites (N-methyl/N-ethyl adjacent to an activating group) is 1. The number of aromatic nitrogens is 1. The van der Waals surface area contributed by atoms with E-state index in [4.69, 9.17) is 4.42 Å². The van der Waals surface area contributed by atoms with Crippen LogP contribution in [0.25, 0.3) is 11.5 Å². The van der Waals surface area contributed by atoms with Crippen LogP contribution in [0.1, 0.15) is 10.6 Å². The SMILES string of the molecule is CN1CCN(C(=O)c2cnc(-c3ccccc3)o2)CC1. The number of rotatable bonds is 2. The minimum Gasteiger partial charge on any atom is -0.431 e. The number of benzene rings is 1. The van der Waals surface area contributed by atoms with E-state index < -0.39 is 0 Å². The Morgan fingerprint density at radius 2 is 1.85 bits per heavy atom. The number of amides is 1. The van der Waals surface area contributed by atoms with Crippen LogP contribution in [-0.2, 0) is 0 Å². The quantitative estimate of drug-likeness (QED) is 0.834. The van der Waals surface area contributed by atoms with Gasteiger partial charge in [-0.1, -0.05) is 18.2 Å². The molecule has 1 aliphatic rings. The van der Waals surface area contributed by atoms with Crippen molar-refractivity contribution in [2.24, 2.45) is 0 Å². The van der Waals surface area contributed by atoms with Crippen LogP contribution < -0.4 is 0 Å². The lowest BCUT2D eigenvalue weighted by Crippen LogP contribution is -2.47. The molecule has 1 fully saturated rings. The maximum atomic E-state index is 12.3. The third-order valence-corrected chi connectivity index (χ3v) is 3.53. The first-order chi connectivity index (χ1) is 9.74. The highest BCUT2D eigenvalue weighted by Crippen LogP contribution is 2.19. The summed E-state index contributed by atoms with van der Waals surface area (Å²) in [5, 5.41) is 0. The third-order valence-electron chi connectivity index (χ3n) is 3.53. The van der Waals surface area contributed by atoms with Crippen molar-refractivity contribution in [3.05, 3.63) is 42.3 Å². The average Bonchev–Trinajstić information content (AvgIpc) is 2.98. The van der Waals surface area contributed by atoms with Crippen LogP contribution in [0, 0.1) is 0 Å². The van der Waals surface area contributed by atoms with E-state index in [2.05, 4.69) is 16.9 Å². The second-order valence-corrected chi connectivity index (χ2v) is 4.99. The van der Waals surface area contributed by atoms with Gasteiger partial charge in [0.15, 0.2) is 0 Å². The number of oxazole rings is 1. The Kier molecular flexibility index (Phi) is 3.52. The molecule has 0 bridgehead atoms. The van der Waals surface area contributed by atoms with Gasteiger partial charge >= 0.3 is 0 Å². The predicted molar refractivity (Wildman–Crippen MR) is 75.3 cm³/mol. The van der Waals surface area contributed by atoms with Crippen LogP contribution in [0.5, 0.6) is 0 Å². The normalized spacial score (nSPS) is 16.4. The molecule has 1 amide bonds. The van der Waals surface area contributed by atoms with E-state index in [1.54, 1.807) is 0 Å². The second-order valence-electron chi connectivity index (χ2n) is 4.99. The Morgan fingerprint density at radius 3 is 2.55 bits per heavy atom. The van der Waals surface area contributed by atoms with Gasteiger partial charge in [-0.05, 0) is 19.2 Å². The first-order valence-corrected chi connectivity index (χ1v) is 6.73. The van der Waals surface area contributed by atoms with Gasteiger partial charge < -0.3 is 14.2 Å². The van der Waals surface area contributed by atoms with E-state index in [0.29, 0.717) is 11.7 Å². The average molecular weight is 271 g/mol. The number of hydrogen-bond donors (Lipinski definition) is 0. The van der Waals surface area contributed by atoms with E-state index in [0.717, 1.165) is 31.7 Å². The molecule has 0 atom stereocenters. The van der Waals surface area contributed by atoms with Gasteiger partial charge in [0, 0.05) is 31.7 Å². The second kappa shape index (κ2) is 5.46. The highest BCUT2D eigenvalue weighted by Gasteiger charge is 2.23. The Hall–Kier alpha value is -2.14. The highest BCUT2D eigenvalue weighted by molar-refractivity contribution is 5.91. The molecule has 2 aromatic rings. The molecule has 2 heterocycles. The first kappa shape index (κ1) is 12.9. The number of hydrogen-bond acceptors (Lipinski definition) is 4. The van der Waals surface area contributed by atoms with Gasteiger partial charge in [0.1, 0.15) is 0 Å². The molecule has 0 unspecified atom stereocenters. The fraction of sp³-hybridized carbons (Fsp3) is 0.333. The lowest BCUT2D eigenvalue weighted by molar-refractivity contribution is 0.0633. The highest BCUT2D eigenvalue weighted by atomic mass is 16.4. The summed E-state index contributed by atoms with van der Waals surface area (Å²) in [6.45, 7) is 3.25. The van der Waals surface area contributed by atoms with Crippen molar-refractivity contribution < 1.29 is 9.21 Å². The Morgan fingerprint density at radius 1 is 1.15 bits per heavy atom. The van der Waals surface area contributed by atoms with Crippen molar-refractivity contribution in [2.45, 2.75) is 0 Å². The summed E-state index contributed by atoms with van der Waals surface area (Å²) in [6, 6.07) is 9.59. The molecule has 20 heavy (non-hydrogen) atoms.